The van der Waals surface area contributed by atoms with Crippen LogP contribution in [0, 0.1) is 25.2 Å². The number of rotatable bonds is 5. The van der Waals surface area contributed by atoms with E-state index in [2.05, 4.69) is 15.3 Å². The van der Waals surface area contributed by atoms with Crippen LogP contribution in [0.3, 0.4) is 0 Å². The lowest BCUT2D eigenvalue weighted by atomic mass is 9.99. The molecule has 0 radical (unpaired) electrons. The second-order valence-corrected chi connectivity index (χ2v) is 7.69. The third-order valence-corrected chi connectivity index (χ3v) is 5.52. The number of carbonyl (C=O) groups is 1. The number of thiazole rings is 1. The molecule has 0 spiro atoms. The molecule has 3 aromatic rings. The number of H-pyrrole nitrogens is 1. The number of alkyl halides is 3. The van der Waals surface area contributed by atoms with E-state index in [1.165, 1.54) is 12.1 Å². The molecule has 2 aromatic heterocycles. The molecule has 0 aliphatic carbocycles. The van der Waals surface area contributed by atoms with Crippen molar-refractivity contribution >= 4 is 22.4 Å². The number of benzene rings is 1. The number of aryl methyl sites for hydroxylation is 1. The van der Waals surface area contributed by atoms with Gasteiger partial charge in [0.2, 0.25) is 5.91 Å². The van der Waals surface area contributed by atoms with Crippen molar-refractivity contribution in [3.63, 3.8) is 0 Å². The van der Waals surface area contributed by atoms with E-state index in [1.54, 1.807) is 19.2 Å². The third-order valence-electron chi connectivity index (χ3n) is 4.76. The van der Waals surface area contributed by atoms with E-state index in [9.17, 15) is 22.8 Å². The van der Waals surface area contributed by atoms with E-state index in [1.807, 2.05) is 6.07 Å². The van der Waals surface area contributed by atoms with Gasteiger partial charge in [0.1, 0.15) is 11.6 Å². The zero-order valence-corrected chi connectivity index (χ0v) is 17.4. The second kappa shape index (κ2) is 8.73. The van der Waals surface area contributed by atoms with Gasteiger partial charge < -0.3 is 10.3 Å². The minimum absolute atomic E-state index is 0.0201. The number of halogens is 3. The maximum absolute atomic E-state index is 12.9. The maximum Gasteiger partial charge on any atom is 0.416 e. The van der Waals surface area contributed by atoms with E-state index in [0.29, 0.717) is 28.9 Å². The maximum atomic E-state index is 12.9. The Morgan fingerprint density at radius 2 is 2.06 bits per heavy atom. The lowest BCUT2D eigenvalue weighted by molar-refractivity contribution is -0.137. The molecule has 31 heavy (non-hydrogen) atoms. The topological polar surface area (TPSA) is 98.6 Å². The number of pyridine rings is 1. The largest absolute Gasteiger partial charge is 0.416 e. The molecule has 160 valence electrons. The average Bonchev–Trinajstić information content (AvgIpc) is 3.15. The van der Waals surface area contributed by atoms with E-state index >= 15 is 0 Å². The molecule has 0 atom stereocenters. The first-order valence-electron chi connectivity index (χ1n) is 9.15. The normalized spacial score (nSPS) is 11.2. The van der Waals surface area contributed by atoms with Crippen LogP contribution in [0.4, 0.5) is 18.3 Å². The predicted octanol–water partition coefficient (Wildman–Crippen LogP) is 4.58. The summed E-state index contributed by atoms with van der Waals surface area (Å²) in [4.78, 5) is 30.9. The second-order valence-electron chi connectivity index (χ2n) is 6.83. The van der Waals surface area contributed by atoms with E-state index in [-0.39, 0.29) is 23.0 Å². The van der Waals surface area contributed by atoms with Gasteiger partial charge in [-0.1, -0.05) is 12.1 Å². The van der Waals surface area contributed by atoms with Gasteiger partial charge in [0.15, 0.2) is 5.13 Å². The highest BCUT2D eigenvalue weighted by Gasteiger charge is 2.30. The molecular weight excluding hydrogens is 429 g/mol. The van der Waals surface area contributed by atoms with Gasteiger partial charge in [0, 0.05) is 23.1 Å². The van der Waals surface area contributed by atoms with E-state index in [4.69, 9.17) is 5.26 Å². The summed E-state index contributed by atoms with van der Waals surface area (Å²) in [6.45, 7) is 3.36. The summed E-state index contributed by atoms with van der Waals surface area (Å²) in [5, 5.41) is 13.6. The molecular formula is C21H17F3N4O2S. The molecule has 2 N–H and O–H groups in total. The lowest BCUT2D eigenvalue weighted by Gasteiger charge is -2.10. The summed E-state index contributed by atoms with van der Waals surface area (Å²) in [7, 11) is 0. The summed E-state index contributed by atoms with van der Waals surface area (Å²) in [6.07, 6.45) is -4.07. The Morgan fingerprint density at radius 3 is 2.74 bits per heavy atom. The summed E-state index contributed by atoms with van der Waals surface area (Å²) < 4.78 is 38.7. The van der Waals surface area contributed by atoms with Crippen molar-refractivity contribution in [1.82, 2.24) is 9.97 Å². The fourth-order valence-corrected chi connectivity index (χ4v) is 3.90. The number of aromatic amines is 1. The van der Waals surface area contributed by atoms with Gasteiger partial charge in [-0.15, -0.1) is 11.3 Å². The molecule has 1 aromatic carbocycles. The van der Waals surface area contributed by atoms with Crippen molar-refractivity contribution < 1.29 is 18.0 Å². The number of hydrogen-bond acceptors (Lipinski definition) is 5. The fraction of sp³-hybridized carbons (Fsp3) is 0.238. The van der Waals surface area contributed by atoms with Gasteiger partial charge in [-0.05, 0) is 43.5 Å². The lowest BCUT2D eigenvalue weighted by Crippen LogP contribution is -2.18. The number of nitrogens with zero attached hydrogens (tertiary/aromatic N) is 2. The first kappa shape index (κ1) is 22.2. The standard InChI is InChI=1S/C21H17F3N4O2S/c1-11-15(12(2)26-19(30)16(11)9-25)6-7-18(29)28-20-27-17(10-31-20)13-4-3-5-14(8-13)21(22,23)24/h3-5,8,10H,6-7H2,1-2H3,(H,26,30)(H,27,28,29). The molecule has 10 heteroatoms. The van der Waals surface area contributed by atoms with Gasteiger partial charge in [0.05, 0.1) is 11.3 Å². The fourth-order valence-electron chi connectivity index (χ4n) is 3.16. The Morgan fingerprint density at radius 1 is 1.32 bits per heavy atom. The van der Waals surface area contributed by atoms with Crippen LogP contribution in [0.15, 0.2) is 34.4 Å². The molecule has 0 aliphatic heterocycles. The number of hydrogen-bond donors (Lipinski definition) is 2. The monoisotopic (exact) mass is 446 g/mol. The first-order valence-corrected chi connectivity index (χ1v) is 10.0. The molecule has 6 nitrogen and oxygen atoms in total. The smallest absolute Gasteiger partial charge is 0.325 e. The van der Waals surface area contributed by atoms with Crippen molar-refractivity contribution in [2.45, 2.75) is 32.9 Å². The number of carbonyl (C=O) groups excluding carboxylic acids is 1. The van der Waals surface area contributed by atoms with Crippen molar-refractivity contribution in [2.24, 2.45) is 0 Å². The molecule has 2 heterocycles. The van der Waals surface area contributed by atoms with Gasteiger partial charge in [-0.25, -0.2) is 4.98 Å². The van der Waals surface area contributed by atoms with Gasteiger partial charge >= 0.3 is 6.18 Å². The highest BCUT2D eigenvalue weighted by atomic mass is 32.1. The van der Waals surface area contributed by atoms with Crippen LogP contribution in [0.1, 0.15) is 34.4 Å². The number of amides is 1. The molecule has 0 bridgehead atoms. The molecule has 0 unspecified atom stereocenters. The van der Waals surface area contributed by atoms with Crippen molar-refractivity contribution in [1.29, 1.82) is 5.26 Å². The molecule has 1 amide bonds. The molecule has 0 fully saturated rings. The highest BCUT2D eigenvalue weighted by molar-refractivity contribution is 7.14. The summed E-state index contributed by atoms with van der Waals surface area (Å²) in [6, 6.07) is 6.68. The minimum atomic E-state index is -4.45. The average molecular weight is 446 g/mol. The Hall–Kier alpha value is -3.45. The molecule has 0 saturated carbocycles. The molecule has 3 rings (SSSR count). The van der Waals surface area contributed by atoms with E-state index in [0.717, 1.165) is 29.0 Å². The van der Waals surface area contributed by atoms with Crippen molar-refractivity contribution in [3.8, 4) is 17.3 Å². The predicted molar refractivity (Wildman–Crippen MR) is 111 cm³/mol. The van der Waals surface area contributed by atoms with Gasteiger partial charge in [-0.3, -0.25) is 9.59 Å². The van der Waals surface area contributed by atoms with Crippen LogP contribution >= 0.6 is 11.3 Å². The zero-order valence-electron chi connectivity index (χ0n) is 16.6. The highest BCUT2D eigenvalue weighted by Crippen LogP contribution is 2.33. The molecule has 0 saturated heterocycles. The van der Waals surface area contributed by atoms with Crippen LogP contribution in [0.2, 0.25) is 0 Å². The van der Waals surface area contributed by atoms with Crippen LogP contribution < -0.4 is 10.9 Å². The number of aromatic nitrogens is 2. The van der Waals surface area contributed by atoms with Crippen molar-refractivity contribution in [2.75, 3.05) is 5.32 Å². The minimum Gasteiger partial charge on any atom is -0.325 e. The zero-order chi connectivity index (χ0) is 22.8. The SMILES string of the molecule is Cc1[nH]c(=O)c(C#N)c(C)c1CCC(=O)Nc1nc(-c2cccc(C(F)(F)F)c2)cs1. The number of nitriles is 1. The quantitative estimate of drug-likeness (QED) is 0.599. The summed E-state index contributed by atoms with van der Waals surface area (Å²) in [5.41, 5.74) is 1.27. The Balaban J connectivity index is 1.69. The van der Waals surface area contributed by atoms with E-state index < -0.39 is 17.3 Å². The van der Waals surface area contributed by atoms with Crippen molar-refractivity contribution in [3.05, 3.63) is 67.9 Å². The summed E-state index contributed by atoms with van der Waals surface area (Å²) in [5.74, 6) is -0.339. The summed E-state index contributed by atoms with van der Waals surface area (Å²) >= 11 is 1.11. The third kappa shape index (κ3) is 5.00. The van der Waals surface area contributed by atoms with Crippen LogP contribution in [-0.2, 0) is 17.4 Å². The van der Waals surface area contributed by atoms with Gasteiger partial charge in [-0.2, -0.15) is 18.4 Å². The van der Waals surface area contributed by atoms with Crippen LogP contribution in [0.25, 0.3) is 11.3 Å². The van der Waals surface area contributed by atoms with Gasteiger partial charge in [0.25, 0.3) is 5.56 Å². The first-order chi connectivity index (χ1) is 14.6. The Bertz CT molecular complexity index is 1240. The van der Waals surface area contributed by atoms with Crippen LogP contribution in [0.5, 0.6) is 0 Å². The number of nitrogens with one attached hydrogen (secondary N) is 2. The Labute approximate surface area is 179 Å². The molecule has 0 aliphatic rings. The van der Waals surface area contributed by atoms with Crippen LogP contribution in [-0.4, -0.2) is 15.9 Å². The number of anilines is 1. The Kier molecular flexibility index (Phi) is 6.27.